The van der Waals surface area contributed by atoms with Crippen LogP contribution in [0.25, 0.3) is 0 Å². The van der Waals surface area contributed by atoms with Gasteiger partial charge in [-0.1, -0.05) is 25.3 Å². The first-order valence-electron chi connectivity index (χ1n) is 6.85. The van der Waals surface area contributed by atoms with Gasteiger partial charge in [-0.25, -0.2) is 4.39 Å². The average Bonchev–Trinajstić information content (AvgIpc) is 2.41. The van der Waals surface area contributed by atoms with Crippen molar-refractivity contribution in [3.05, 3.63) is 30.1 Å². The highest BCUT2D eigenvalue weighted by molar-refractivity contribution is 5.22. The van der Waals surface area contributed by atoms with Crippen molar-refractivity contribution in [3.8, 4) is 5.75 Å². The van der Waals surface area contributed by atoms with Crippen molar-refractivity contribution in [2.45, 2.75) is 38.1 Å². The van der Waals surface area contributed by atoms with Crippen LogP contribution in [0.3, 0.4) is 0 Å². The third-order valence-electron chi connectivity index (χ3n) is 3.82. The first-order valence-corrected chi connectivity index (χ1v) is 6.85. The Kier molecular flexibility index (Phi) is 5.00. The largest absolute Gasteiger partial charge is 0.492 e. The van der Waals surface area contributed by atoms with Crippen molar-refractivity contribution in [1.29, 1.82) is 0 Å². The topological polar surface area (TPSA) is 21.3 Å². The number of likely N-dealkylation sites (N-methyl/N-ethyl adjacent to an activating group) is 1. The summed E-state index contributed by atoms with van der Waals surface area (Å²) in [7, 11) is 1.98. The van der Waals surface area contributed by atoms with Crippen LogP contribution in [-0.4, -0.2) is 19.7 Å². The van der Waals surface area contributed by atoms with Crippen LogP contribution in [0.2, 0.25) is 0 Å². The van der Waals surface area contributed by atoms with E-state index < -0.39 is 0 Å². The fourth-order valence-corrected chi connectivity index (χ4v) is 2.73. The van der Waals surface area contributed by atoms with E-state index >= 15 is 0 Å². The molecule has 18 heavy (non-hydrogen) atoms. The zero-order valence-electron chi connectivity index (χ0n) is 11.0. The molecule has 1 atom stereocenters. The Morgan fingerprint density at radius 2 is 2.11 bits per heavy atom. The lowest BCUT2D eigenvalue weighted by atomic mass is 9.84. The molecule has 100 valence electrons. The molecule has 0 aliphatic heterocycles. The molecule has 0 bridgehead atoms. The molecule has 1 aromatic carbocycles. The van der Waals surface area contributed by atoms with Gasteiger partial charge in [-0.3, -0.25) is 0 Å². The molecule has 3 heteroatoms. The second-order valence-corrected chi connectivity index (χ2v) is 5.06. The summed E-state index contributed by atoms with van der Waals surface area (Å²) in [5, 5.41) is 3.34. The van der Waals surface area contributed by atoms with Crippen LogP contribution in [0.5, 0.6) is 5.75 Å². The Bertz CT molecular complexity index is 363. The number of halogens is 1. The van der Waals surface area contributed by atoms with Gasteiger partial charge in [0.1, 0.15) is 18.2 Å². The lowest BCUT2D eigenvalue weighted by Gasteiger charge is -2.29. The minimum atomic E-state index is -0.244. The van der Waals surface area contributed by atoms with E-state index in [2.05, 4.69) is 5.32 Å². The van der Waals surface area contributed by atoms with Crippen molar-refractivity contribution in [3.63, 3.8) is 0 Å². The highest BCUT2D eigenvalue weighted by Gasteiger charge is 2.22. The zero-order chi connectivity index (χ0) is 12.8. The number of ether oxygens (including phenoxy) is 1. The summed E-state index contributed by atoms with van der Waals surface area (Å²) in [6.07, 6.45) is 6.55. The van der Waals surface area contributed by atoms with Crippen LogP contribution < -0.4 is 10.1 Å². The predicted molar refractivity (Wildman–Crippen MR) is 71.3 cm³/mol. The van der Waals surface area contributed by atoms with Gasteiger partial charge in [0.05, 0.1) is 0 Å². The molecule has 1 unspecified atom stereocenters. The Morgan fingerprint density at radius 1 is 1.33 bits per heavy atom. The Balaban J connectivity index is 1.86. The predicted octanol–water partition coefficient (Wildman–Crippen LogP) is 3.37. The third kappa shape index (κ3) is 3.70. The highest BCUT2D eigenvalue weighted by Crippen LogP contribution is 2.26. The quantitative estimate of drug-likeness (QED) is 0.866. The third-order valence-corrected chi connectivity index (χ3v) is 3.82. The molecule has 1 aromatic rings. The molecule has 1 N–H and O–H groups in total. The molecule has 0 saturated heterocycles. The first kappa shape index (κ1) is 13.3. The average molecular weight is 251 g/mol. The molecular formula is C15H22FNO. The molecule has 1 aliphatic rings. The van der Waals surface area contributed by atoms with E-state index in [4.69, 9.17) is 4.74 Å². The molecule has 2 rings (SSSR count). The number of nitrogens with one attached hydrogen (secondary N) is 1. The number of rotatable bonds is 5. The second-order valence-electron chi connectivity index (χ2n) is 5.06. The molecule has 0 radical (unpaired) electrons. The van der Waals surface area contributed by atoms with E-state index in [0.717, 1.165) is 0 Å². The number of hydrogen-bond donors (Lipinski definition) is 1. The molecule has 1 fully saturated rings. The summed E-state index contributed by atoms with van der Waals surface area (Å²) in [5.74, 6) is 1.06. The molecule has 0 spiro atoms. The fraction of sp³-hybridized carbons (Fsp3) is 0.600. The van der Waals surface area contributed by atoms with Crippen LogP contribution in [0.4, 0.5) is 4.39 Å². The van der Waals surface area contributed by atoms with Crippen LogP contribution in [0.1, 0.15) is 32.1 Å². The molecule has 1 aliphatic carbocycles. The maximum Gasteiger partial charge on any atom is 0.126 e. The SMILES string of the molecule is CNC(COc1cccc(F)c1)C1CCCCC1. The zero-order valence-corrected chi connectivity index (χ0v) is 11.0. The smallest absolute Gasteiger partial charge is 0.126 e. The summed E-state index contributed by atoms with van der Waals surface area (Å²) in [6, 6.07) is 6.72. The Morgan fingerprint density at radius 3 is 2.78 bits per heavy atom. The minimum absolute atomic E-state index is 0.244. The summed E-state index contributed by atoms with van der Waals surface area (Å²) >= 11 is 0. The van der Waals surface area contributed by atoms with Crippen molar-refractivity contribution < 1.29 is 9.13 Å². The van der Waals surface area contributed by atoms with Gasteiger partial charge >= 0.3 is 0 Å². The summed E-state index contributed by atoms with van der Waals surface area (Å²) in [5.41, 5.74) is 0. The van der Waals surface area contributed by atoms with Gasteiger partial charge in [-0.2, -0.15) is 0 Å². The standard InChI is InChI=1S/C15H22FNO/c1-17-15(12-6-3-2-4-7-12)11-18-14-9-5-8-13(16)10-14/h5,8-10,12,15,17H,2-4,6-7,11H2,1H3. The lowest BCUT2D eigenvalue weighted by Crippen LogP contribution is -2.39. The van der Waals surface area contributed by atoms with Gasteiger partial charge in [0.25, 0.3) is 0 Å². The van der Waals surface area contributed by atoms with Crippen molar-refractivity contribution in [1.82, 2.24) is 5.32 Å². The van der Waals surface area contributed by atoms with E-state index in [1.165, 1.54) is 44.2 Å². The Hall–Kier alpha value is -1.09. The van der Waals surface area contributed by atoms with Gasteiger partial charge in [0, 0.05) is 12.1 Å². The summed E-state index contributed by atoms with van der Waals surface area (Å²) in [4.78, 5) is 0. The first-order chi connectivity index (χ1) is 8.79. The van der Waals surface area contributed by atoms with Gasteiger partial charge in [-0.15, -0.1) is 0 Å². The number of hydrogen-bond acceptors (Lipinski definition) is 2. The summed E-state index contributed by atoms with van der Waals surface area (Å²) < 4.78 is 18.7. The Labute approximate surface area is 109 Å². The minimum Gasteiger partial charge on any atom is -0.492 e. The van der Waals surface area contributed by atoms with Gasteiger partial charge < -0.3 is 10.1 Å². The molecule has 2 nitrogen and oxygen atoms in total. The van der Waals surface area contributed by atoms with Crippen LogP contribution in [0, 0.1) is 11.7 Å². The molecule has 0 aromatic heterocycles. The highest BCUT2D eigenvalue weighted by atomic mass is 19.1. The molecule has 0 heterocycles. The monoisotopic (exact) mass is 251 g/mol. The van der Waals surface area contributed by atoms with E-state index in [-0.39, 0.29) is 5.82 Å². The maximum absolute atomic E-state index is 13.0. The van der Waals surface area contributed by atoms with Crippen molar-refractivity contribution >= 4 is 0 Å². The van der Waals surface area contributed by atoms with Crippen LogP contribution in [-0.2, 0) is 0 Å². The second kappa shape index (κ2) is 6.74. The van der Waals surface area contributed by atoms with Gasteiger partial charge in [0.2, 0.25) is 0 Å². The van der Waals surface area contributed by atoms with Crippen molar-refractivity contribution in [2.75, 3.05) is 13.7 Å². The van der Waals surface area contributed by atoms with E-state index in [0.29, 0.717) is 24.3 Å². The molecule has 0 amide bonds. The van der Waals surface area contributed by atoms with Crippen LogP contribution >= 0.6 is 0 Å². The van der Waals surface area contributed by atoms with Crippen LogP contribution in [0.15, 0.2) is 24.3 Å². The normalized spacial score (nSPS) is 18.6. The van der Waals surface area contributed by atoms with E-state index in [1.807, 2.05) is 7.05 Å². The lowest BCUT2D eigenvalue weighted by molar-refractivity contribution is 0.192. The fourth-order valence-electron chi connectivity index (χ4n) is 2.73. The number of benzene rings is 1. The van der Waals surface area contributed by atoms with E-state index in [1.54, 1.807) is 12.1 Å². The molecule has 1 saturated carbocycles. The maximum atomic E-state index is 13.0. The van der Waals surface area contributed by atoms with E-state index in [9.17, 15) is 4.39 Å². The van der Waals surface area contributed by atoms with Crippen molar-refractivity contribution in [2.24, 2.45) is 5.92 Å². The summed E-state index contributed by atoms with van der Waals surface area (Å²) in [6.45, 7) is 0.616. The van der Waals surface area contributed by atoms with Gasteiger partial charge in [-0.05, 0) is 37.9 Å². The molecular weight excluding hydrogens is 229 g/mol. The van der Waals surface area contributed by atoms with Gasteiger partial charge in [0.15, 0.2) is 0 Å².